The molecule has 1 spiro atoms. The zero-order valence-corrected chi connectivity index (χ0v) is 11.4. The molecule has 1 saturated heterocycles. The number of nitrogens with zero attached hydrogens (tertiary/aromatic N) is 1. The summed E-state index contributed by atoms with van der Waals surface area (Å²) in [5.41, 5.74) is 10.3. The predicted octanol–water partition coefficient (Wildman–Crippen LogP) is 3.74. The van der Waals surface area contributed by atoms with Crippen LogP contribution in [0.4, 0.5) is 11.4 Å². The maximum Gasteiger partial charge on any atom is 0.0602 e. The predicted molar refractivity (Wildman–Crippen MR) is 77.9 cm³/mol. The van der Waals surface area contributed by atoms with Crippen LogP contribution in [0.5, 0.6) is 0 Å². The van der Waals surface area contributed by atoms with Crippen molar-refractivity contribution in [3.8, 4) is 0 Å². The number of nitrogen functional groups attached to an aromatic ring is 1. The quantitative estimate of drug-likeness (QED) is 0.763. The Balaban J connectivity index is 1.74. The number of aryl methyl sites for hydroxylation is 1. The first kappa shape index (κ1) is 11.9. The summed E-state index contributed by atoms with van der Waals surface area (Å²) >= 11 is 0. The van der Waals surface area contributed by atoms with Crippen molar-refractivity contribution >= 4 is 11.4 Å². The molecular formula is C16H24N2. The monoisotopic (exact) mass is 244 g/mol. The molecule has 0 unspecified atom stereocenters. The molecule has 0 radical (unpaired) electrons. The Labute approximate surface area is 110 Å². The van der Waals surface area contributed by atoms with Crippen LogP contribution < -0.4 is 10.6 Å². The second-order valence-electron chi connectivity index (χ2n) is 6.20. The van der Waals surface area contributed by atoms with Crippen molar-refractivity contribution in [3.05, 3.63) is 23.8 Å². The molecule has 1 aliphatic carbocycles. The van der Waals surface area contributed by atoms with E-state index in [-0.39, 0.29) is 0 Å². The van der Waals surface area contributed by atoms with Gasteiger partial charge in [0.1, 0.15) is 0 Å². The molecule has 2 fully saturated rings. The molecule has 98 valence electrons. The molecule has 0 aromatic heterocycles. The smallest absolute Gasteiger partial charge is 0.0602 e. The number of nitrogens with two attached hydrogens (primary N) is 1. The van der Waals surface area contributed by atoms with E-state index in [0.29, 0.717) is 5.41 Å². The molecular weight excluding hydrogens is 220 g/mol. The zero-order valence-electron chi connectivity index (χ0n) is 11.4. The van der Waals surface area contributed by atoms with Crippen molar-refractivity contribution in [1.29, 1.82) is 0 Å². The van der Waals surface area contributed by atoms with Gasteiger partial charge in [-0.1, -0.05) is 25.0 Å². The average molecular weight is 244 g/mol. The molecule has 1 heterocycles. The van der Waals surface area contributed by atoms with Crippen molar-refractivity contribution in [2.75, 3.05) is 23.7 Å². The fraction of sp³-hybridized carbons (Fsp3) is 0.625. The summed E-state index contributed by atoms with van der Waals surface area (Å²) in [6.07, 6.45) is 8.55. The summed E-state index contributed by atoms with van der Waals surface area (Å²) in [5, 5.41) is 0. The van der Waals surface area contributed by atoms with Gasteiger partial charge < -0.3 is 10.6 Å². The van der Waals surface area contributed by atoms with Crippen LogP contribution in [0.1, 0.15) is 44.1 Å². The molecule has 2 N–H and O–H groups in total. The third-order valence-electron chi connectivity index (χ3n) is 5.13. The maximum absolute atomic E-state index is 6.22. The molecule has 2 nitrogen and oxygen atoms in total. The number of piperidine rings is 1. The molecule has 0 amide bonds. The molecule has 2 heteroatoms. The highest BCUT2D eigenvalue weighted by atomic mass is 15.1. The van der Waals surface area contributed by atoms with Gasteiger partial charge in [-0.2, -0.15) is 0 Å². The zero-order chi connectivity index (χ0) is 12.6. The molecule has 1 aliphatic heterocycles. The second kappa shape index (κ2) is 4.49. The SMILES string of the molecule is Cc1cccc(N2CCC3(CCCC3)CC2)c1N. The highest BCUT2D eigenvalue weighted by molar-refractivity contribution is 5.71. The molecule has 0 atom stereocenters. The number of hydrogen-bond acceptors (Lipinski definition) is 2. The molecule has 0 bridgehead atoms. The minimum Gasteiger partial charge on any atom is -0.397 e. The fourth-order valence-electron chi connectivity index (χ4n) is 3.79. The van der Waals surface area contributed by atoms with Crippen molar-refractivity contribution in [3.63, 3.8) is 0 Å². The van der Waals surface area contributed by atoms with Crippen LogP contribution in [0.3, 0.4) is 0 Å². The minimum atomic E-state index is 0.690. The van der Waals surface area contributed by atoms with Crippen LogP contribution in [-0.4, -0.2) is 13.1 Å². The molecule has 2 aliphatic rings. The Morgan fingerprint density at radius 1 is 1.06 bits per heavy atom. The number of rotatable bonds is 1. The Morgan fingerprint density at radius 2 is 1.72 bits per heavy atom. The van der Waals surface area contributed by atoms with Crippen molar-refractivity contribution in [2.24, 2.45) is 5.41 Å². The first-order valence-corrected chi connectivity index (χ1v) is 7.30. The van der Waals surface area contributed by atoms with Crippen molar-refractivity contribution in [2.45, 2.75) is 45.4 Å². The van der Waals surface area contributed by atoms with E-state index in [1.807, 2.05) is 0 Å². The average Bonchev–Trinajstić information content (AvgIpc) is 2.83. The summed E-state index contributed by atoms with van der Waals surface area (Å²) in [6.45, 7) is 4.47. The highest BCUT2D eigenvalue weighted by Gasteiger charge is 2.37. The third kappa shape index (κ3) is 1.98. The van der Waals surface area contributed by atoms with Gasteiger partial charge in [-0.3, -0.25) is 0 Å². The van der Waals surface area contributed by atoms with E-state index in [1.165, 1.54) is 62.9 Å². The van der Waals surface area contributed by atoms with E-state index in [1.54, 1.807) is 0 Å². The van der Waals surface area contributed by atoms with Gasteiger partial charge in [0.25, 0.3) is 0 Å². The lowest BCUT2D eigenvalue weighted by atomic mass is 9.77. The van der Waals surface area contributed by atoms with Crippen LogP contribution in [0, 0.1) is 12.3 Å². The minimum absolute atomic E-state index is 0.690. The van der Waals surface area contributed by atoms with E-state index >= 15 is 0 Å². The maximum atomic E-state index is 6.22. The largest absolute Gasteiger partial charge is 0.397 e. The Bertz CT molecular complexity index is 423. The van der Waals surface area contributed by atoms with Gasteiger partial charge in [-0.15, -0.1) is 0 Å². The number of anilines is 2. The first-order valence-electron chi connectivity index (χ1n) is 7.30. The molecule has 1 saturated carbocycles. The van der Waals surface area contributed by atoms with Gasteiger partial charge >= 0.3 is 0 Å². The van der Waals surface area contributed by atoms with Gasteiger partial charge in [0, 0.05) is 13.1 Å². The molecule has 18 heavy (non-hydrogen) atoms. The van der Waals surface area contributed by atoms with Gasteiger partial charge in [0.15, 0.2) is 0 Å². The number of hydrogen-bond donors (Lipinski definition) is 1. The van der Waals surface area contributed by atoms with E-state index < -0.39 is 0 Å². The third-order valence-corrected chi connectivity index (χ3v) is 5.13. The van der Waals surface area contributed by atoms with E-state index in [4.69, 9.17) is 5.73 Å². The molecule has 1 aromatic rings. The Hall–Kier alpha value is -1.18. The van der Waals surface area contributed by atoms with E-state index in [0.717, 1.165) is 5.69 Å². The summed E-state index contributed by atoms with van der Waals surface area (Å²) < 4.78 is 0. The molecule has 1 aromatic carbocycles. The lowest BCUT2D eigenvalue weighted by Gasteiger charge is -2.41. The Kier molecular flexibility index (Phi) is 2.96. The topological polar surface area (TPSA) is 29.3 Å². The van der Waals surface area contributed by atoms with Crippen molar-refractivity contribution < 1.29 is 0 Å². The van der Waals surface area contributed by atoms with E-state index in [2.05, 4.69) is 30.0 Å². The fourth-order valence-corrected chi connectivity index (χ4v) is 3.79. The summed E-state index contributed by atoms with van der Waals surface area (Å²) in [6, 6.07) is 6.40. The number of para-hydroxylation sites is 1. The normalized spacial score (nSPS) is 22.6. The van der Waals surface area contributed by atoms with Crippen LogP contribution >= 0.6 is 0 Å². The van der Waals surface area contributed by atoms with Crippen LogP contribution in [-0.2, 0) is 0 Å². The van der Waals surface area contributed by atoms with Gasteiger partial charge in [-0.25, -0.2) is 0 Å². The van der Waals surface area contributed by atoms with Gasteiger partial charge in [0.05, 0.1) is 11.4 Å². The Morgan fingerprint density at radius 3 is 2.39 bits per heavy atom. The van der Waals surface area contributed by atoms with E-state index in [9.17, 15) is 0 Å². The van der Waals surface area contributed by atoms with Crippen molar-refractivity contribution in [1.82, 2.24) is 0 Å². The summed E-state index contributed by atoms with van der Waals surface area (Å²) in [4.78, 5) is 2.49. The van der Waals surface area contributed by atoms with Crippen LogP contribution in [0.25, 0.3) is 0 Å². The number of benzene rings is 1. The lowest BCUT2D eigenvalue weighted by molar-refractivity contribution is 0.226. The van der Waals surface area contributed by atoms with Gasteiger partial charge in [0.2, 0.25) is 0 Å². The molecule has 3 rings (SSSR count). The second-order valence-corrected chi connectivity index (χ2v) is 6.20. The standard InChI is InChI=1S/C16H24N2/c1-13-5-4-6-14(15(13)17)18-11-9-16(10-12-18)7-2-3-8-16/h4-6H,2-3,7-12,17H2,1H3. The first-order chi connectivity index (χ1) is 8.70. The van der Waals surface area contributed by atoms with Gasteiger partial charge in [-0.05, 0) is 49.7 Å². The lowest BCUT2D eigenvalue weighted by Crippen LogP contribution is -2.39. The van der Waals surface area contributed by atoms with Crippen LogP contribution in [0.2, 0.25) is 0 Å². The summed E-state index contributed by atoms with van der Waals surface area (Å²) in [7, 11) is 0. The van der Waals surface area contributed by atoms with Crippen LogP contribution in [0.15, 0.2) is 18.2 Å². The summed E-state index contributed by atoms with van der Waals surface area (Å²) in [5.74, 6) is 0. The highest BCUT2D eigenvalue weighted by Crippen LogP contribution is 2.47.